The highest BCUT2D eigenvalue weighted by Crippen LogP contribution is 2.11. The standard InChI is InChI=1S/C10H19NO2/c1-2-9(12)5-3-7-11-8-4-6-10(11)13/h9,12H,2-8H2,1H3. The number of hydrogen-bond acceptors (Lipinski definition) is 2. The molecule has 0 aromatic carbocycles. The molecule has 0 aromatic heterocycles. The number of aliphatic hydroxyl groups is 1. The number of aliphatic hydroxyl groups excluding tert-OH is 1. The molecule has 1 saturated heterocycles. The average molecular weight is 185 g/mol. The van der Waals surface area contributed by atoms with Gasteiger partial charge in [0.2, 0.25) is 5.91 Å². The second-order valence-electron chi connectivity index (χ2n) is 3.69. The maximum Gasteiger partial charge on any atom is 0.222 e. The lowest BCUT2D eigenvalue weighted by molar-refractivity contribution is -0.127. The molecular weight excluding hydrogens is 166 g/mol. The Kier molecular flexibility index (Phi) is 4.22. The summed E-state index contributed by atoms with van der Waals surface area (Å²) in [5.41, 5.74) is 0. The van der Waals surface area contributed by atoms with Gasteiger partial charge in [0, 0.05) is 19.5 Å². The summed E-state index contributed by atoms with van der Waals surface area (Å²) in [4.78, 5) is 13.1. The fourth-order valence-electron chi connectivity index (χ4n) is 1.66. The van der Waals surface area contributed by atoms with Gasteiger partial charge in [0.1, 0.15) is 0 Å². The molecule has 0 bridgehead atoms. The molecule has 0 spiro atoms. The number of carbonyl (C=O) groups excluding carboxylic acids is 1. The van der Waals surface area contributed by atoms with Gasteiger partial charge in [-0.2, -0.15) is 0 Å². The van der Waals surface area contributed by atoms with Crippen LogP contribution in [0.2, 0.25) is 0 Å². The lowest BCUT2D eigenvalue weighted by atomic mass is 10.1. The quantitative estimate of drug-likeness (QED) is 0.698. The third kappa shape index (κ3) is 3.35. The van der Waals surface area contributed by atoms with E-state index in [1.165, 1.54) is 0 Å². The SMILES string of the molecule is CCC(O)CCCN1CCCC1=O. The topological polar surface area (TPSA) is 40.5 Å². The third-order valence-electron chi connectivity index (χ3n) is 2.61. The van der Waals surface area contributed by atoms with E-state index in [0.717, 1.165) is 45.2 Å². The zero-order valence-corrected chi connectivity index (χ0v) is 8.33. The average Bonchev–Trinajstić information content (AvgIpc) is 2.52. The number of rotatable bonds is 5. The van der Waals surface area contributed by atoms with E-state index in [0.29, 0.717) is 0 Å². The predicted octanol–water partition coefficient (Wildman–Crippen LogP) is 1.16. The van der Waals surface area contributed by atoms with Crippen LogP contribution in [0.3, 0.4) is 0 Å². The molecule has 3 nitrogen and oxygen atoms in total. The van der Waals surface area contributed by atoms with Crippen LogP contribution in [0.25, 0.3) is 0 Å². The van der Waals surface area contributed by atoms with E-state index in [2.05, 4.69) is 0 Å². The first-order valence-corrected chi connectivity index (χ1v) is 5.20. The number of likely N-dealkylation sites (tertiary alicyclic amines) is 1. The maximum atomic E-state index is 11.2. The molecule has 13 heavy (non-hydrogen) atoms. The normalized spacial score (nSPS) is 19.5. The molecule has 1 N–H and O–H groups in total. The Morgan fingerprint density at radius 1 is 1.62 bits per heavy atom. The summed E-state index contributed by atoms with van der Waals surface area (Å²) in [5.74, 6) is 0.283. The molecule has 1 rings (SSSR count). The fraction of sp³-hybridized carbons (Fsp3) is 0.900. The number of nitrogens with zero attached hydrogens (tertiary/aromatic N) is 1. The van der Waals surface area contributed by atoms with Crippen LogP contribution < -0.4 is 0 Å². The van der Waals surface area contributed by atoms with Crippen molar-refractivity contribution < 1.29 is 9.90 Å². The summed E-state index contributed by atoms with van der Waals surface area (Å²) < 4.78 is 0. The fourth-order valence-corrected chi connectivity index (χ4v) is 1.66. The van der Waals surface area contributed by atoms with Gasteiger partial charge in [0.05, 0.1) is 6.10 Å². The van der Waals surface area contributed by atoms with Crippen LogP contribution in [0.15, 0.2) is 0 Å². The Hall–Kier alpha value is -0.570. The summed E-state index contributed by atoms with van der Waals surface area (Å²) in [6, 6.07) is 0. The van der Waals surface area contributed by atoms with Gasteiger partial charge < -0.3 is 10.0 Å². The minimum atomic E-state index is -0.183. The first-order chi connectivity index (χ1) is 6.24. The largest absolute Gasteiger partial charge is 0.393 e. The molecule has 3 heteroatoms. The van der Waals surface area contributed by atoms with Crippen molar-refractivity contribution in [2.45, 2.75) is 45.1 Å². The molecule has 0 aromatic rings. The summed E-state index contributed by atoms with van der Waals surface area (Å²) in [6.07, 6.45) is 4.11. The molecule has 0 aliphatic carbocycles. The van der Waals surface area contributed by atoms with Gasteiger partial charge in [-0.3, -0.25) is 4.79 Å². The van der Waals surface area contributed by atoms with Crippen LogP contribution in [0.4, 0.5) is 0 Å². The summed E-state index contributed by atoms with van der Waals surface area (Å²) in [6.45, 7) is 3.72. The highest BCUT2D eigenvalue weighted by Gasteiger charge is 2.19. The van der Waals surface area contributed by atoms with E-state index in [1.54, 1.807) is 0 Å². The molecule has 1 aliphatic heterocycles. The second kappa shape index (κ2) is 5.22. The maximum absolute atomic E-state index is 11.2. The zero-order chi connectivity index (χ0) is 9.68. The van der Waals surface area contributed by atoms with Crippen LogP contribution in [0.1, 0.15) is 39.0 Å². The second-order valence-corrected chi connectivity index (χ2v) is 3.69. The number of carbonyl (C=O) groups is 1. The highest BCUT2D eigenvalue weighted by atomic mass is 16.3. The Morgan fingerprint density at radius 2 is 2.38 bits per heavy atom. The zero-order valence-electron chi connectivity index (χ0n) is 8.33. The van der Waals surface area contributed by atoms with E-state index in [4.69, 9.17) is 0 Å². The molecule has 1 atom stereocenters. The number of hydrogen-bond donors (Lipinski definition) is 1. The predicted molar refractivity (Wildman–Crippen MR) is 51.3 cm³/mol. The van der Waals surface area contributed by atoms with Crippen molar-refractivity contribution in [3.8, 4) is 0 Å². The molecule has 1 unspecified atom stereocenters. The van der Waals surface area contributed by atoms with Crippen molar-refractivity contribution >= 4 is 5.91 Å². The van der Waals surface area contributed by atoms with Crippen molar-refractivity contribution in [2.24, 2.45) is 0 Å². The molecule has 1 amide bonds. The third-order valence-corrected chi connectivity index (χ3v) is 2.61. The minimum Gasteiger partial charge on any atom is -0.393 e. The molecule has 0 saturated carbocycles. The Labute approximate surface area is 79.7 Å². The van der Waals surface area contributed by atoms with Crippen LogP contribution in [-0.2, 0) is 4.79 Å². The van der Waals surface area contributed by atoms with Gasteiger partial charge in [0.15, 0.2) is 0 Å². The van der Waals surface area contributed by atoms with Gasteiger partial charge in [-0.1, -0.05) is 6.92 Å². The van der Waals surface area contributed by atoms with Crippen molar-refractivity contribution in [2.75, 3.05) is 13.1 Å². The first kappa shape index (κ1) is 10.5. The van der Waals surface area contributed by atoms with Crippen molar-refractivity contribution in [1.82, 2.24) is 4.90 Å². The minimum absolute atomic E-state index is 0.183. The van der Waals surface area contributed by atoms with Crippen LogP contribution in [0.5, 0.6) is 0 Å². The monoisotopic (exact) mass is 185 g/mol. The molecule has 0 radical (unpaired) electrons. The van der Waals surface area contributed by atoms with Gasteiger partial charge in [-0.05, 0) is 25.7 Å². The Balaban J connectivity index is 2.08. The van der Waals surface area contributed by atoms with Gasteiger partial charge in [-0.25, -0.2) is 0 Å². The Morgan fingerprint density at radius 3 is 2.92 bits per heavy atom. The van der Waals surface area contributed by atoms with E-state index >= 15 is 0 Å². The van der Waals surface area contributed by atoms with Crippen LogP contribution in [0, 0.1) is 0 Å². The molecular formula is C10H19NO2. The summed E-state index contributed by atoms with van der Waals surface area (Å²) in [7, 11) is 0. The molecule has 1 heterocycles. The highest BCUT2D eigenvalue weighted by molar-refractivity contribution is 5.77. The van der Waals surface area contributed by atoms with Crippen LogP contribution >= 0.6 is 0 Å². The van der Waals surface area contributed by atoms with E-state index in [-0.39, 0.29) is 12.0 Å². The first-order valence-electron chi connectivity index (χ1n) is 5.20. The smallest absolute Gasteiger partial charge is 0.222 e. The van der Waals surface area contributed by atoms with E-state index in [1.807, 2.05) is 11.8 Å². The van der Waals surface area contributed by atoms with E-state index in [9.17, 15) is 9.90 Å². The van der Waals surface area contributed by atoms with Crippen molar-refractivity contribution in [3.05, 3.63) is 0 Å². The summed E-state index contributed by atoms with van der Waals surface area (Å²) in [5, 5.41) is 9.29. The molecule has 1 fully saturated rings. The molecule has 1 aliphatic rings. The lowest BCUT2D eigenvalue weighted by Crippen LogP contribution is -2.26. The number of amides is 1. The van der Waals surface area contributed by atoms with Gasteiger partial charge in [-0.15, -0.1) is 0 Å². The van der Waals surface area contributed by atoms with Crippen molar-refractivity contribution in [3.63, 3.8) is 0 Å². The van der Waals surface area contributed by atoms with Crippen LogP contribution in [-0.4, -0.2) is 35.1 Å². The van der Waals surface area contributed by atoms with Crippen molar-refractivity contribution in [1.29, 1.82) is 0 Å². The van der Waals surface area contributed by atoms with Gasteiger partial charge >= 0.3 is 0 Å². The summed E-state index contributed by atoms with van der Waals surface area (Å²) >= 11 is 0. The Bertz CT molecular complexity index is 170. The molecule has 76 valence electrons. The van der Waals surface area contributed by atoms with E-state index < -0.39 is 0 Å². The lowest BCUT2D eigenvalue weighted by Gasteiger charge is -2.16. The van der Waals surface area contributed by atoms with Gasteiger partial charge in [0.25, 0.3) is 0 Å².